The number of benzene rings is 1. The van der Waals surface area contributed by atoms with E-state index in [1.165, 1.54) is 6.42 Å². The van der Waals surface area contributed by atoms with Gasteiger partial charge in [-0.2, -0.15) is 0 Å². The van der Waals surface area contributed by atoms with Crippen LogP contribution in [0, 0.1) is 0 Å². The second-order valence-corrected chi connectivity index (χ2v) is 6.22. The quantitative estimate of drug-likeness (QED) is 0.847. The van der Waals surface area contributed by atoms with Crippen LogP contribution in [-0.4, -0.2) is 36.3 Å². The molecular weight excluding hydrogens is 318 g/mol. The number of likely N-dealkylation sites (tertiary alicyclic amines) is 1. The number of piperidine rings is 1. The third kappa shape index (κ3) is 5.19. The van der Waals surface area contributed by atoms with Crippen LogP contribution < -0.4 is 10.6 Å². The van der Waals surface area contributed by atoms with Gasteiger partial charge >= 0.3 is 0 Å². The lowest BCUT2D eigenvalue weighted by molar-refractivity contribution is -0.117. The number of amides is 2. The van der Waals surface area contributed by atoms with Crippen molar-refractivity contribution in [2.24, 2.45) is 0 Å². The Hall–Kier alpha value is -2.60. The molecule has 6 heteroatoms. The highest BCUT2D eigenvalue weighted by molar-refractivity contribution is 5.96. The van der Waals surface area contributed by atoms with Crippen LogP contribution in [0.3, 0.4) is 0 Å². The van der Waals surface area contributed by atoms with Gasteiger partial charge in [0.25, 0.3) is 5.91 Å². The summed E-state index contributed by atoms with van der Waals surface area (Å²) in [5, 5.41) is 5.67. The van der Waals surface area contributed by atoms with Crippen molar-refractivity contribution < 1.29 is 14.0 Å². The van der Waals surface area contributed by atoms with Crippen LogP contribution >= 0.6 is 0 Å². The second-order valence-electron chi connectivity index (χ2n) is 6.22. The minimum Gasteiger partial charge on any atom is -0.467 e. The van der Waals surface area contributed by atoms with Crippen LogP contribution in [0.15, 0.2) is 47.1 Å². The molecule has 0 atom stereocenters. The Morgan fingerprint density at radius 2 is 1.80 bits per heavy atom. The fraction of sp³-hybridized carbons (Fsp3) is 0.368. The van der Waals surface area contributed by atoms with Crippen molar-refractivity contribution in [2.45, 2.75) is 25.8 Å². The molecule has 0 aliphatic carbocycles. The summed E-state index contributed by atoms with van der Waals surface area (Å²) in [7, 11) is 0. The van der Waals surface area contributed by atoms with Gasteiger partial charge in [-0.05, 0) is 62.3 Å². The fourth-order valence-electron chi connectivity index (χ4n) is 2.91. The molecule has 1 aliphatic rings. The SMILES string of the molecule is O=C(CN1CCCCC1)Nc1ccc(C(=O)NCc2ccco2)cc1. The maximum absolute atomic E-state index is 12.1. The van der Waals surface area contributed by atoms with Gasteiger partial charge in [-0.15, -0.1) is 0 Å². The number of rotatable bonds is 6. The molecule has 2 heterocycles. The lowest BCUT2D eigenvalue weighted by Gasteiger charge is -2.25. The van der Waals surface area contributed by atoms with Crippen molar-refractivity contribution in [2.75, 3.05) is 25.0 Å². The summed E-state index contributed by atoms with van der Waals surface area (Å²) in [6.07, 6.45) is 5.15. The molecule has 1 saturated heterocycles. The van der Waals surface area contributed by atoms with E-state index in [9.17, 15) is 9.59 Å². The zero-order chi connectivity index (χ0) is 17.5. The predicted molar refractivity (Wildman–Crippen MR) is 95.2 cm³/mol. The van der Waals surface area contributed by atoms with Crippen LogP contribution in [0.4, 0.5) is 5.69 Å². The van der Waals surface area contributed by atoms with E-state index < -0.39 is 0 Å². The lowest BCUT2D eigenvalue weighted by Crippen LogP contribution is -2.36. The van der Waals surface area contributed by atoms with E-state index in [1.54, 1.807) is 42.7 Å². The third-order valence-electron chi connectivity index (χ3n) is 4.25. The second kappa shape index (κ2) is 8.48. The number of carbonyl (C=O) groups excluding carboxylic acids is 2. The van der Waals surface area contributed by atoms with Crippen LogP contribution in [0.25, 0.3) is 0 Å². The zero-order valence-electron chi connectivity index (χ0n) is 14.2. The van der Waals surface area contributed by atoms with Gasteiger partial charge in [-0.1, -0.05) is 6.42 Å². The first-order valence-corrected chi connectivity index (χ1v) is 8.63. The summed E-state index contributed by atoms with van der Waals surface area (Å²) in [6.45, 7) is 2.75. The molecule has 1 aromatic carbocycles. The van der Waals surface area contributed by atoms with Gasteiger partial charge in [-0.25, -0.2) is 0 Å². The average molecular weight is 341 g/mol. The van der Waals surface area contributed by atoms with Crippen LogP contribution in [0.2, 0.25) is 0 Å². The Labute approximate surface area is 147 Å². The number of nitrogens with zero attached hydrogens (tertiary/aromatic N) is 1. The molecule has 0 bridgehead atoms. The van der Waals surface area contributed by atoms with Crippen molar-refractivity contribution in [3.63, 3.8) is 0 Å². The number of anilines is 1. The van der Waals surface area contributed by atoms with Gasteiger partial charge in [0.2, 0.25) is 5.91 Å². The van der Waals surface area contributed by atoms with Gasteiger partial charge in [0.1, 0.15) is 5.76 Å². The van der Waals surface area contributed by atoms with Crippen LogP contribution in [-0.2, 0) is 11.3 Å². The highest BCUT2D eigenvalue weighted by atomic mass is 16.3. The van der Waals surface area contributed by atoms with Crippen molar-refractivity contribution >= 4 is 17.5 Å². The summed E-state index contributed by atoms with van der Waals surface area (Å²) in [5.74, 6) is 0.509. The molecule has 2 amide bonds. The van der Waals surface area contributed by atoms with Crippen molar-refractivity contribution in [1.82, 2.24) is 10.2 Å². The third-order valence-corrected chi connectivity index (χ3v) is 4.25. The number of furan rings is 1. The molecule has 2 aromatic rings. The molecule has 25 heavy (non-hydrogen) atoms. The van der Waals surface area contributed by atoms with Crippen molar-refractivity contribution in [3.05, 3.63) is 54.0 Å². The van der Waals surface area contributed by atoms with E-state index in [0.717, 1.165) is 25.9 Å². The number of carbonyl (C=O) groups is 2. The minimum absolute atomic E-state index is 0.0167. The summed E-state index contributed by atoms with van der Waals surface area (Å²) in [6, 6.07) is 10.5. The van der Waals surface area contributed by atoms with Gasteiger partial charge in [-0.3, -0.25) is 14.5 Å². The molecule has 0 radical (unpaired) electrons. The zero-order valence-corrected chi connectivity index (χ0v) is 14.2. The Balaban J connectivity index is 1.47. The maximum Gasteiger partial charge on any atom is 0.251 e. The van der Waals surface area contributed by atoms with Gasteiger partial charge in [0.15, 0.2) is 0 Å². The van der Waals surface area contributed by atoms with Crippen LogP contribution in [0.5, 0.6) is 0 Å². The van der Waals surface area contributed by atoms with E-state index in [0.29, 0.717) is 30.1 Å². The van der Waals surface area contributed by atoms with Gasteiger partial charge < -0.3 is 15.1 Å². The molecule has 0 saturated carbocycles. The van der Waals surface area contributed by atoms with Crippen molar-refractivity contribution in [3.8, 4) is 0 Å². The molecule has 132 valence electrons. The highest BCUT2D eigenvalue weighted by Gasteiger charge is 2.14. The minimum atomic E-state index is -0.178. The standard InChI is InChI=1S/C19H23N3O3/c23-18(14-22-10-2-1-3-11-22)21-16-8-6-15(7-9-16)19(24)20-13-17-5-4-12-25-17/h4-9,12H,1-3,10-11,13-14H2,(H,20,24)(H,21,23). The van der Waals surface area contributed by atoms with E-state index in [-0.39, 0.29) is 11.8 Å². The molecule has 0 spiro atoms. The van der Waals surface area contributed by atoms with Gasteiger partial charge in [0.05, 0.1) is 19.4 Å². The monoisotopic (exact) mass is 341 g/mol. The normalized spacial score (nSPS) is 14.9. The molecule has 0 unspecified atom stereocenters. The first-order chi connectivity index (χ1) is 12.2. The highest BCUT2D eigenvalue weighted by Crippen LogP contribution is 2.12. The molecular formula is C19H23N3O3. The maximum atomic E-state index is 12.1. The molecule has 1 fully saturated rings. The first-order valence-electron chi connectivity index (χ1n) is 8.63. The smallest absolute Gasteiger partial charge is 0.251 e. The van der Waals surface area contributed by atoms with Gasteiger partial charge in [0, 0.05) is 11.3 Å². The first kappa shape index (κ1) is 17.2. The number of hydrogen-bond donors (Lipinski definition) is 2. The molecule has 2 N–H and O–H groups in total. The Morgan fingerprint density at radius 1 is 1.04 bits per heavy atom. The number of hydrogen-bond acceptors (Lipinski definition) is 4. The molecule has 3 rings (SSSR count). The van der Waals surface area contributed by atoms with Crippen molar-refractivity contribution in [1.29, 1.82) is 0 Å². The average Bonchev–Trinajstić information content (AvgIpc) is 3.14. The molecule has 6 nitrogen and oxygen atoms in total. The summed E-state index contributed by atoms with van der Waals surface area (Å²) >= 11 is 0. The Kier molecular flexibility index (Phi) is 5.85. The van der Waals surface area contributed by atoms with E-state index in [1.807, 2.05) is 0 Å². The number of nitrogens with one attached hydrogen (secondary N) is 2. The van der Waals surface area contributed by atoms with Crippen LogP contribution in [0.1, 0.15) is 35.4 Å². The largest absolute Gasteiger partial charge is 0.467 e. The Bertz CT molecular complexity index is 689. The summed E-state index contributed by atoms with van der Waals surface area (Å²) in [4.78, 5) is 26.4. The lowest BCUT2D eigenvalue weighted by atomic mass is 10.1. The fourth-order valence-corrected chi connectivity index (χ4v) is 2.91. The molecule has 1 aromatic heterocycles. The summed E-state index contributed by atoms with van der Waals surface area (Å²) < 4.78 is 5.18. The topological polar surface area (TPSA) is 74.6 Å². The van der Waals surface area contributed by atoms with E-state index >= 15 is 0 Å². The molecule has 1 aliphatic heterocycles. The van der Waals surface area contributed by atoms with E-state index in [2.05, 4.69) is 15.5 Å². The van der Waals surface area contributed by atoms with E-state index in [4.69, 9.17) is 4.42 Å². The Morgan fingerprint density at radius 3 is 2.48 bits per heavy atom. The predicted octanol–water partition coefficient (Wildman–Crippen LogP) is 2.63. The summed E-state index contributed by atoms with van der Waals surface area (Å²) in [5.41, 5.74) is 1.24.